The number of carbonyl (C=O) groups is 1. The first kappa shape index (κ1) is 14.5. The van der Waals surface area contributed by atoms with E-state index in [1.165, 1.54) is 11.8 Å². The van der Waals surface area contributed by atoms with Gasteiger partial charge >= 0.3 is 0 Å². The van der Waals surface area contributed by atoms with Crippen molar-refractivity contribution in [1.82, 2.24) is 0 Å². The van der Waals surface area contributed by atoms with Crippen LogP contribution in [0.3, 0.4) is 0 Å². The summed E-state index contributed by atoms with van der Waals surface area (Å²) in [5.41, 5.74) is 1.28. The second-order valence-electron chi connectivity index (χ2n) is 4.39. The summed E-state index contributed by atoms with van der Waals surface area (Å²) in [5, 5.41) is 13.1. The number of phenols is 1. The number of aromatic hydroxyl groups is 1. The molecule has 0 fully saturated rings. The van der Waals surface area contributed by atoms with Crippen molar-refractivity contribution in [3.8, 4) is 5.75 Å². The number of para-hydroxylation sites is 1. The number of phenolic OH excluding ortho intramolecular Hbond substituents is 1. The zero-order valence-electron chi connectivity index (χ0n) is 10.6. The molecule has 21 heavy (non-hydrogen) atoms. The third kappa shape index (κ3) is 2.95. The number of carbonyl (C=O) groups excluding carboxylic acids is 1. The SMILES string of the molecule is O=C1Nc2ccccc2S/C1=C\c1cc(Br)cc(Cl)c1O. The first-order chi connectivity index (χ1) is 10.0. The average Bonchev–Trinajstić information content (AvgIpc) is 2.45. The smallest absolute Gasteiger partial charge is 0.262 e. The number of amides is 1. The van der Waals surface area contributed by atoms with Gasteiger partial charge in [-0.25, -0.2) is 0 Å². The van der Waals surface area contributed by atoms with Crippen LogP contribution in [-0.2, 0) is 4.79 Å². The molecule has 0 aromatic heterocycles. The van der Waals surface area contributed by atoms with Gasteiger partial charge in [0.15, 0.2) is 0 Å². The maximum absolute atomic E-state index is 12.1. The highest BCUT2D eigenvalue weighted by molar-refractivity contribution is 9.10. The van der Waals surface area contributed by atoms with Gasteiger partial charge in [-0.3, -0.25) is 4.79 Å². The van der Waals surface area contributed by atoms with Gasteiger partial charge in [0, 0.05) is 14.9 Å². The van der Waals surface area contributed by atoms with E-state index >= 15 is 0 Å². The molecular weight excluding hydrogens is 374 g/mol. The van der Waals surface area contributed by atoms with E-state index in [2.05, 4.69) is 21.2 Å². The van der Waals surface area contributed by atoms with Crippen LogP contribution in [0.2, 0.25) is 5.02 Å². The third-order valence-corrected chi connectivity index (χ3v) is 4.77. The predicted octanol–water partition coefficient (Wildman–Crippen LogP) is 4.89. The minimum absolute atomic E-state index is 0.0420. The number of hydrogen-bond donors (Lipinski definition) is 2. The Morgan fingerprint density at radius 3 is 2.86 bits per heavy atom. The average molecular weight is 383 g/mol. The van der Waals surface area contributed by atoms with Gasteiger partial charge in [-0.15, -0.1) is 0 Å². The Labute approximate surface area is 139 Å². The topological polar surface area (TPSA) is 49.3 Å². The summed E-state index contributed by atoms with van der Waals surface area (Å²) >= 11 is 10.6. The summed E-state index contributed by atoms with van der Waals surface area (Å²) in [6.07, 6.45) is 1.63. The molecule has 3 nitrogen and oxygen atoms in total. The largest absolute Gasteiger partial charge is 0.506 e. The zero-order chi connectivity index (χ0) is 15.0. The zero-order valence-corrected chi connectivity index (χ0v) is 13.7. The number of rotatable bonds is 1. The Hall–Kier alpha value is -1.43. The molecule has 0 atom stereocenters. The molecule has 2 aromatic rings. The van der Waals surface area contributed by atoms with Gasteiger partial charge in [-0.2, -0.15) is 0 Å². The van der Waals surface area contributed by atoms with E-state index in [0.717, 1.165) is 15.1 Å². The lowest BCUT2D eigenvalue weighted by molar-refractivity contribution is -0.112. The Kier molecular flexibility index (Phi) is 3.97. The molecule has 1 heterocycles. The molecular formula is C15H9BrClNO2S. The van der Waals surface area contributed by atoms with Crippen LogP contribution in [0.1, 0.15) is 5.56 Å². The Balaban J connectivity index is 2.03. The number of thioether (sulfide) groups is 1. The Morgan fingerprint density at radius 1 is 1.29 bits per heavy atom. The summed E-state index contributed by atoms with van der Waals surface area (Å²) < 4.78 is 0.735. The molecule has 1 amide bonds. The van der Waals surface area contributed by atoms with Crippen LogP contribution in [0.25, 0.3) is 6.08 Å². The van der Waals surface area contributed by atoms with Gasteiger partial charge in [0.25, 0.3) is 5.91 Å². The summed E-state index contributed by atoms with van der Waals surface area (Å²) in [7, 11) is 0. The predicted molar refractivity (Wildman–Crippen MR) is 89.7 cm³/mol. The number of anilines is 1. The van der Waals surface area contributed by atoms with Crippen molar-refractivity contribution in [2.45, 2.75) is 4.90 Å². The van der Waals surface area contributed by atoms with E-state index in [-0.39, 0.29) is 16.7 Å². The molecule has 0 unspecified atom stereocenters. The summed E-state index contributed by atoms with van der Waals surface area (Å²) in [6.45, 7) is 0. The normalized spacial score (nSPS) is 15.7. The van der Waals surface area contributed by atoms with Crippen molar-refractivity contribution in [2.75, 3.05) is 5.32 Å². The molecule has 0 spiro atoms. The van der Waals surface area contributed by atoms with Crippen LogP contribution in [-0.4, -0.2) is 11.0 Å². The van der Waals surface area contributed by atoms with Crippen molar-refractivity contribution < 1.29 is 9.90 Å². The highest BCUT2D eigenvalue weighted by atomic mass is 79.9. The second kappa shape index (κ2) is 5.75. The van der Waals surface area contributed by atoms with E-state index in [4.69, 9.17) is 11.6 Å². The minimum Gasteiger partial charge on any atom is -0.506 e. The monoisotopic (exact) mass is 381 g/mol. The number of halogens is 2. The lowest BCUT2D eigenvalue weighted by Crippen LogP contribution is -2.17. The third-order valence-electron chi connectivity index (χ3n) is 2.92. The minimum atomic E-state index is -0.200. The second-order valence-corrected chi connectivity index (χ2v) is 6.79. The number of fused-ring (bicyclic) bond motifs is 1. The highest BCUT2D eigenvalue weighted by Crippen LogP contribution is 2.40. The van der Waals surface area contributed by atoms with Crippen molar-refractivity contribution in [3.63, 3.8) is 0 Å². The first-order valence-corrected chi connectivity index (χ1v) is 8.01. The molecule has 0 saturated heterocycles. The fraction of sp³-hybridized carbons (Fsp3) is 0. The van der Waals surface area contributed by atoms with Crippen molar-refractivity contribution in [3.05, 3.63) is 56.4 Å². The van der Waals surface area contributed by atoms with Gasteiger partial charge in [-0.1, -0.05) is 51.4 Å². The fourth-order valence-electron chi connectivity index (χ4n) is 1.94. The van der Waals surface area contributed by atoms with Crippen LogP contribution in [0.15, 0.2) is 50.7 Å². The van der Waals surface area contributed by atoms with Gasteiger partial charge < -0.3 is 10.4 Å². The first-order valence-electron chi connectivity index (χ1n) is 6.02. The lowest BCUT2D eigenvalue weighted by atomic mass is 10.2. The Morgan fingerprint density at radius 2 is 2.05 bits per heavy atom. The summed E-state index contributed by atoms with van der Waals surface area (Å²) in [6, 6.07) is 10.9. The van der Waals surface area contributed by atoms with E-state index < -0.39 is 0 Å². The molecule has 0 bridgehead atoms. The lowest BCUT2D eigenvalue weighted by Gasteiger charge is -2.18. The molecule has 1 aliphatic heterocycles. The van der Waals surface area contributed by atoms with Crippen LogP contribution in [0.4, 0.5) is 5.69 Å². The molecule has 0 aliphatic carbocycles. The van der Waals surface area contributed by atoms with Crippen LogP contribution in [0, 0.1) is 0 Å². The summed E-state index contributed by atoms with van der Waals surface area (Å²) in [5.74, 6) is -0.242. The van der Waals surface area contributed by atoms with Gasteiger partial charge in [0.1, 0.15) is 5.75 Å². The van der Waals surface area contributed by atoms with E-state index in [1.807, 2.05) is 24.3 Å². The number of nitrogens with one attached hydrogen (secondary N) is 1. The van der Waals surface area contributed by atoms with Gasteiger partial charge in [0.05, 0.1) is 15.6 Å². The van der Waals surface area contributed by atoms with Crippen molar-refractivity contribution >= 4 is 57.0 Å². The number of benzene rings is 2. The number of hydrogen-bond acceptors (Lipinski definition) is 3. The molecule has 0 saturated carbocycles. The molecule has 3 rings (SSSR count). The quantitative estimate of drug-likeness (QED) is 0.690. The van der Waals surface area contributed by atoms with E-state index in [0.29, 0.717) is 10.5 Å². The molecule has 106 valence electrons. The molecule has 6 heteroatoms. The standard InChI is InChI=1S/C15H9BrClNO2S/c16-9-5-8(14(19)10(17)7-9)6-13-15(20)18-11-3-1-2-4-12(11)21-13/h1-7,19H,(H,18,20)/b13-6-. The van der Waals surface area contributed by atoms with Crippen molar-refractivity contribution in [1.29, 1.82) is 0 Å². The maximum Gasteiger partial charge on any atom is 0.262 e. The Bertz CT molecular complexity index is 776. The maximum atomic E-state index is 12.1. The van der Waals surface area contributed by atoms with Crippen molar-refractivity contribution in [2.24, 2.45) is 0 Å². The highest BCUT2D eigenvalue weighted by Gasteiger charge is 2.21. The fourth-order valence-corrected chi connectivity index (χ4v) is 3.72. The summed E-state index contributed by atoms with van der Waals surface area (Å²) in [4.78, 5) is 13.6. The molecule has 2 N–H and O–H groups in total. The molecule has 2 aromatic carbocycles. The van der Waals surface area contributed by atoms with E-state index in [1.54, 1.807) is 18.2 Å². The van der Waals surface area contributed by atoms with Crippen LogP contribution in [0.5, 0.6) is 5.75 Å². The van der Waals surface area contributed by atoms with Gasteiger partial charge in [0.2, 0.25) is 0 Å². The van der Waals surface area contributed by atoms with Crippen LogP contribution < -0.4 is 5.32 Å². The van der Waals surface area contributed by atoms with Gasteiger partial charge in [-0.05, 0) is 30.3 Å². The molecule has 1 aliphatic rings. The molecule has 0 radical (unpaired) electrons. The van der Waals surface area contributed by atoms with E-state index in [9.17, 15) is 9.90 Å². The van der Waals surface area contributed by atoms with Crippen LogP contribution >= 0.6 is 39.3 Å².